The van der Waals surface area contributed by atoms with Crippen molar-refractivity contribution < 1.29 is 4.79 Å². The van der Waals surface area contributed by atoms with Crippen molar-refractivity contribution in [3.05, 3.63) is 75.1 Å². The molecule has 0 atom stereocenters. The van der Waals surface area contributed by atoms with Gasteiger partial charge in [0, 0.05) is 20.5 Å². The van der Waals surface area contributed by atoms with E-state index >= 15 is 0 Å². The lowest BCUT2D eigenvalue weighted by Crippen LogP contribution is -2.15. The van der Waals surface area contributed by atoms with Crippen LogP contribution < -0.4 is 5.32 Å². The summed E-state index contributed by atoms with van der Waals surface area (Å²) < 4.78 is 3.01. The van der Waals surface area contributed by atoms with Gasteiger partial charge in [-0.2, -0.15) is 5.10 Å². The van der Waals surface area contributed by atoms with E-state index in [1.165, 1.54) is 0 Å². The number of nitrogens with one attached hydrogen (secondary N) is 1. The first-order valence-corrected chi connectivity index (χ1v) is 9.03. The van der Waals surface area contributed by atoms with Crippen molar-refractivity contribution in [3.8, 4) is 5.69 Å². The minimum absolute atomic E-state index is 0.134. The predicted octanol–water partition coefficient (Wildman–Crippen LogP) is 4.22. The summed E-state index contributed by atoms with van der Waals surface area (Å²) in [5, 5.41) is 7.60. The van der Waals surface area contributed by atoms with E-state index in [0.717, 1.165) is 45.5 Å². The fraction of sp³-hybridized carbons (Fsp3) is 0.158. The summed E-state index contributed by atoms with van der Waals surface area (Å²) in [5.41, 5.74) is 4.60. The highest BCUT2D eigenvalue weighted by Gasteiger charge is 2.26. The molecule has 120 valence electrons. The summed E-state index contributed by atoms with van der Waals surface area (Å²) in [6, 6.07) is 17.8. The average Bonchev–Trinajstić information content (AvgIpc) is 3.17. The van der Waals surface area contributed by atoms with E-state index < -0.39 is 0 Å². The van der Waals surface area contributed by atoms with Crippen LogP contribution in [0.5, 0.6) is 0 Å². The largest absolute Gasteiger partial charge is 0.321 e. The Labute approximate surface area is 154 Å². The molecule has 1 amide bonds. The van der Waals surface area contributed by atoms with Crippen molar-refractivity contribution in [1.82, 2.24) is 9.78 Å². The highest BCUT2D eigenvalue weighted by atomic mass is 127. The Balaban J connectivity index is 1.70. The minimum Gasteiger partial charge on any atom is -0.321 e. The molecule has 1 aliphatic rings. The third-order valence-corrected chi connectivity index (χ3v) is 4.90. The van der Waals surface area contributed by atoms with E-state index in [2.05, 4.69) is 33.0 Å². The zero-order valence-electron chi connectivity index (χ0n) is 13.0. The Morgan fingerprint density at radius 2 is 1.92 bits per heavy atom. The molecule has 24 heavy (non-hydrogen) atoms. The second kappa shape index (κ2) is 6.39. The number of rotatable bonds is 3. The number of aromatic nitrogens is 2. The number of anilines is 1. The van der Waals surface area contributed by atoms with Gasteiger partial charge in [-0.25, -0.2) is 4.68 Å². The molecule has 1 aliphatic carbocycles. The number of amides is 1. The molecule has 0 saturated carbocycles. The van der Waals surface area contributed by atoms with Gasteiger partial charge in [0.2, 0.25) is 0 Å². The molecular formula is C19H16IN3O. The summed E-state index contributed by atoms with van der Waals surface area (Å²) in [7, 11) is 0. The molecule has 0 unspecified atom stereocenters. The number of carbonyl (C=O) groups is 1. The molecule has 1 aromatic heterocycles. The van der Waals surface area contributed by atoms with Crippen molar-refractivity contribution >= 4 is 34.2 Å². The fourth-order valence-electron chi connectivity index (χ4n) is 3.16. The van der Waals surface area contributed by atoms with Gasteiger partial charge >= 0.3 is 0 Å². The molecule has 0 bridgehead atoms. The summed E-state index contributed by atoms with van der Waals surface area (Å²) in [5.74, 6) is -0.134. The standard InChI is InChI=1S/C19H16IN3O/c20-13-6-4-7-14(12-13)21-19(24)18-16-10-5-11-17(16)23(22-18)15-8-2-1-3-9-15/h1-4,6-9,12H,5,10-11H2,(H,21,24). The lowest BCUT2D eigenvalue weighted by molar-refractivity contribution is 0.102. The highest BCUT2D eigenvalue weighted by Crippen LogP contribution is 2.28. The second-order valence-electron chi connectivity index (χ2n) is 5.84. The molecule has 0 radical (unpaired) electrons. The van der Waals surface area contributed by atoms with E-state index in [0.29, 0.717) is 5.69 Å². The van der Waals surface area contributed by atoms with Gasteiger partial charge in [0.05, 0.1) is 5.69 Å². The maximum Gasteiger partial charge on any atom is 0.276 e. The van der Waals surface area contributed by atoms with Crippen molar-refractivity contribution in [3.63, 3.8) is 0 Å². The lowest BCUT2D eigenvalue weighted by Gasteiger charge is -2.05. The molecule has 2 aromatic carbocycles. The molecular weight excluding hydrogens is 413 g/mol. The monoisotopic (exact) mass is 429 g/mol. The molecule has 1 N–H and O–H groups in total. The topological polar surface area (TPSA) is 46.9 Å². The molecule has 0 spiro atoms. The first-order valence-electron chi connectivity index (χ1n) is 7.95. The second-order valence-corrected chi connectivity index (χ2v) is 7.08. The number of fused-ring (bicyclic) bond motifs is 1. The number of nitrogens with zero attached hydrogens (tertiary/aromatic N) is 2. The van der Waals surface area contributed by atoms with Crippen molar-refractivity contribution in [2.45, 2.75) is 19.3 Å². The first kappa shape index (κ1) is 15.4. The van der Waals surface area contributed by atoms with Gasteiger partial charge in [-0.3, -0.25) is 4.79 Å². The summed E-state index contributed by atoms with van der Waals surface area (Å²) >= 11 is 2.24. The molecule has 0 fully saturated rings. The summed E-state index contributed by atoms with van der Waals surface area (Å²) in [6.07, 6.45) is 2.95. The van der Waals surface area contributed by atoms with Crippen LogP contribution in [0.3, 0.4) is 0 Å². The summed E-state index contributed by atoms with van der Waals surface area (Å²) in [6.45, 7) is 0. The maximum absolute atomic E-state index is 12.7. The molecule has 3 aromatic rings. The van der Waals surface area contributed by atoms with Crippen molar-refractivity contribution in [2.75, 3.05) is 5.32 Å². The van der Waals surface area contributed by atoms with Crippen LogP contribution in [0, 0.1) is 3.57 Å². The quantitative estimate of drug-likeness (QED) is 0.634. The Morgan fingerprint density at radius 1 is 1.08 bits per heavy atom. The number of para-hydroxylation sites is 1. The van der Waals surface area contributed by atoms with Crippen LogP contribution in [0.25, 0.3) is 5.69 Å². The third kappa shape index (κ3) is 2.84. The van der Waals surface area contributed by atoms with Gasteiger partial charge in [-0.15, -0.1) is 0 Å². The number of hydrogen-bond acceptors (Lipinski definition) is 2. The molecule has 0 aliphatic heterocycles. The Hall–Kier alpha value is -2.15. The highest BCUT2D eigenvalue weighted by molar-refractivity contribution is 14.1. The van der Waals surface area contributed by atoms with Gasteiger partial charge in [0.25, 0.3) is 5.91 Å². The van der Waals surface area contributed by atoms with Crippen LogP contribution in [0.4, 0.5) is 5.69 Å². The van der Waals surface area contributed by atoms with Gasteiger partial charge in [0.1, 0.15) is 0 Å². The Morgan fingerprint density at radius 3 is 2.71 bits per heavy atom. The van der Waals surface area contributed by atoms with Crippen LogP contribution in [0.15, 0.2) is 54.6 Å². The SMILES string of the molecule is O=C(Nc1cccc(I)c1)c1nn(-c2ccccc2)c2c1CCC2. The van der Waals surface area contributed by atoms with E-state index in [1.54, 1.807) is 0 Å². The molecule has 1 heterocycles. The number of halogens is 1. The maximum atomic E-state index is 12.7. The molecule has 4 nitrogen and oxygen atoms in total. The van der Waals surface area contributed by atoms with E-state index in [4.69, 9.17) is 0 Å². The van der Waals surface area contributed by atoms with Crippen LogP contribution >= 0.6 is 22.6 Å². The Bertz CT molecular complexity index is 902. The Kier molecular flexibility index (Phi) is 4.10. The third-order valence-electron chi connectivity index (χ3n) is 4.23. The number of carbonyl (C=O) groups excluding carboxylic acids is 1. The fourth-order valence-corrected chi connectivity index (χ4v) is 3.70. The van der Waals surface area contributed by atoms with Gasteiger partial charge in [-0.1, -0.05) is 24.3 Å². The van der Waals surface area contributed by atoms with Gasteiger partial charge < -0.3 is 5.32 Å². The predicted molar refractivity (Wildman–Crippen MR) is 103 cm³/mol. The van der Waals surface area contributed by atoms with Crippen LogP contribution in [-0.2, 0) is 12.8 Å². The van der Waals surface area contributed by atoms with Crippen LogP contribution in [0.2, 0.25) is 0 Å². The first-order chi connectivity index (χ1) is 11.7. The number of benzene rings is 2. The van der Waals surface area contributed by atoms with E-state index in [-0.39, 0.29) is 5.91 Å². The van der Waals surface area contributed by atoms with Crippen LogP contribution in [-0.4, -0.2) is 15.7 Å². The molecule has 0 saturated heterocycles. The zero-order chi connectivity index (χ0) is 16.5. The van der Waals surface area contributed by atoms with Crippen molar-refractivity contribution in [2.24, 2.45) is 0 Å². The van der Waals surface area contributed by atoms with Gasteiger partial charge in [-0.05, 0) is 72.2 Å². The smallest absolute Gasteiger partial charge is 0.276 e. The zero-order valence-corrected chi connectivity index (χ0v) is 15.2. The van der Waals surface area contributed by atoms with E-state index in [9.17, 15) is 4.79 Å². The average molecular weight is 429 g/mol. The van der Waals surface area contributed by atoms with Gasteiger partial charge in [0.15, 0.2) is 5.69 Å². The number of hydrogen-bond donors (Lipinski definition) is 1. The summed E-state index contributed by atoms with van der Waals surface area (Å²) in [4.78, 5) is 12.7. The van der Waals surface area contributed by atoms with E-state index in [1.807, 2.05) is 59.3 Å². The lowest BCUT2D eigenvalue weighted by atomic mass is 10.2. The molecule has 4 rings (SSSR count). The van der Waals surface area contributed by atoms with Crippen molar-refractivity contribution in [1.29, 1.82) is 0 Å². The normalized spacial score (nSPS) is 12.9. The van der Waals surface area contributed by atoms with Crippen LogP contribution in [0.1, 0.15) is 28.2 Å². The minimum atomic E-state index is -0.134. The molecule has 5 heteroatoms.